The zero-order valence-electron chi connectivity index (χ0n) is 16.8. The third-order valence-electron chi connectivity index (χ3n) is 5.68. The highest BCUT2D eigenvalue weighted by atomic mass is 35.5. The highest BCUT2D eigenvalue weighted by molar-refractivity contribution is 6.31. The average Bonchev–Trinajstić information content (AvgIpc) is 3.11. The van der Waals surface area contributed by atoms with Crippen molar-refractivity contribution in [1.82, 2.24) is 15.0 Å². The third kappa shape index (κ3) is 3.10. The Morgan fingerprint density at radius 2 is 1.90 bits per heavy atom. The second kappa shape index (κ2) is 7.16. The molecule has 0 aliphatic carbocycles. The van der Waals surface area contributed by atoms with E-state index in [0.29, 0.717) is 11.8 Å². The molecule has 5 nitrogen and oxygen atoms in total. The summed E-state index contributed by atoms with van der Waals surface area (Å²) in [7, 11) is 0. The van der Waals surface area contributed by atoms with E-state index < -0.39 is 0 Å². The highest BCUT2D eigenvalue weighted by Gasteiger charge is 2.34. The number of nitrogens with zero attached hydrogens (tertiary/aromatic N) is 4. The first kappa shape index (κ1) is 18.7. The van der Waals surface area contributed by atoms with Crippen LogP contribution in [0.4, 0.5) is 11.8 Å². The fourth-order valence-electron chi connectivity index (χ4n) is 4.29. The average molecular weight is 414 g/mol. The Hall–Kier alpha value is -3.36. The second-order valence-corrected chi connectivity index (χ2v) is 8.18. The number of aryl methyl sites for hydroxylation is 2. The Kier molecular flexibility index (Phi) is 4.45. The van der Waals surface area contributed by atoms with Gasteiger partial charge >= 0.3 is 5.95 Å². The first-order valence-electron chi connectivity index (χ1n) is 9.90. The van der Waals surface area contributed by atoms with Gasteiger partial charge in [0.15, 0.2) is 0 Å². The van der Waals surface area contributed by atoms with Gasteiger partial charge in [0, 0.05) is 33.9 Å². The summed E-state index contributed by atoms with van der Waals surface area (Å²) in [5.74, 6) is 0.961. The Balaban J connectivity index is 1.72. The first-order valence-corrected chi connectivity index (χ1v) is 10.3. The summed E-state index contributed by atoms with van der Waals surface area (Å²) >= 11 is 6.29. The molecular formula is C24H20ClN5. The van der Waals surface area contributed by atoms with Crippen molar-refractivity contribution < 1.29 is 0 Å². The van der Waals surface area contributed by atoms with Gasteiger partial charge in [0.25, 0.3) is 5.82 Å². The van der Waals surface area contributed by atoms with Gasteiger partial charge in [-0.3, -0.25) is 0 Å². The van der Waals surface area contributed by atoms with Crippen molar-refractivity contribution >= 4 is 34.3 Å². The molecule has 6 heteroatoms. The van der Waals surface area contributed by atoms with E-state index in [9.17, 15) is 0 Å². The number of rotatable bonds is 2. The summed E-state index contributed by atoms with van der Waals surface area (Å²) in [5.41, 5.74) is 6.67. The maximum absolute atomic E-state index is 7.40. The van der Waals surface area contributed by atoms with Gasteiger partial charge in [-0.25, -0.2) is 0 Å². The third-order valence-corrected chi connectivity index (χ3v) is 5.92. The van der Waals surface area contributed by atoms with Gasteiger partial charge in [-0.15, -0.1) is 0 Å². The highest BCUT2D eigenvalue weighted by Crippen LogP contribution is 2.40. The van der Waals surface area contributed by atoms with E-state index in [1.807, 2.05) is 25.1 Å². The topological polar surface area (TPSA) is 49.2 Å². The largest absolute Gasteiger partial charge is 0.360 e. The van der Waals surface area contributed by atoms with Crippen LogP contribution in [0.25, 0.3) is 15.7 Å². The van der Waals surface area contributed by atoms with Gasteiger partial charge < -0.3 is 14.7 Å². The quantitative estimate of drug-likeness (QED) is 0.414. The fraction of sp³-hybridized carbons (Fsp3) is 0.208. The molecular weight excluding hydrogens is 394 g/mol. The van der Waals surface area contributed by atoms with E-state index in [1.54, 1.807) is 6.07 Å². The summed E-state index contributed by atoms with van der Waals surface area (Å²) in [5, 5.41) is 1.91. The van der Waals surface area contributed by atoms with Crippen molar-refractivity contribution in [2.24, 2.45) is 0 Å². The normalized spacial score (nSPS) is 15.8. The van der Waals surface area contributed by atoms with Gasteiger partial charge in [-0.1, -0.05) is 53.0 Å². The zero-order valence-corrected chi connectivity index (χ0v) is 17.5. The van der Waals surface area contributed by atoms with Gasteiger partial charge in [0.05, 0.1) is 6.04 Å². The van der Waals surface area contributed by atoms with Crippen molar-refractivity contribution in [2.45, 2.75) is 26.3 Å². The van der Waals surface area contributed by atoms with Crippen LogP contribution in [0.2, 0.25) is 5.02 Å². The van der Waals surface area contributed by atoms with E-state index in [2.05, 4.69) is 55.9 Å². The molecule has 0 bridgehead atoms. The van der Waals surface area contributed by atoms with Crippen LogP contribution in [-0.2, 0) is 6.42 Å². The second-order valence-electron chi connectivity index (χ2n) is 7.74. The van der Waals surface area contributed by atoms with Crippen LogP contribution in [0, 0.1) is 20.4 Å². The molecule has 30 heavy (non-hydrogen) atoms. The summed E-state index contributed by atoms with van der Waals surface area (Å²) in [6, 6.07) is 16.2. The Labute approximate surface area is 180 Å². The monoisotopic (exact) mass is 413 g/mol. The minimum Gasteiger partial charge on any atom is -0.360 e. The van der Waals surface area contributed by atoms with E-state index in [4.69, 9.17) is 18.2 Å². The number of aromatic nitrogens is 3. The van der Waals surface area contributed by atoms with Crippen molar-refractivity contribution in [1.29, 1.82) is 0 Å². The number of nitrogens with one attached hydrogen (secondary N) is 1. The predicted octanol–water partition coefficient (Wildman–Crippen LogP) is 5.93. The Morgan fingerprint density at radius 1 is 1.10 bits per heavy atom. The number of hydrogen-bond acceptors (Lipinski definition) is 3. The molecule has 1 unspecified atom stereocenters. The molecule has 0 saturated carbocycles. The molecule has 5 rings (SSSR count). The van der Waals surface area contributed by atoms with Crippen LogP contribution < -0.4 is 4.90 Å². The lowest BCUT2D eigenvalue weighted by Gasteiger charge is -2.35. The van der Waals surface area contributed by atoms with Crippen LogP contribution in [0.1, 0.15) is 34.1 Å². The molecule has 4 aromatic rings. The van der Waals surface area contributed by atoms with E-state index >= 15 is 0 Å². The van der Waals surface area contributed by atoms with E-state index in [0.717, 1.165) is 40.5 Å². The lowest BCUT2D eigenvalue weighted by Crippen LogP contribution is -2.37. The molecule has 1 aliphatic rings. The van der Waals surface area contributed by atoms with Crippen molar-refractivity contribution in [3.8, 4) is 0 Å². The van der Waals surface area contributed by atoms with Crippen LogP contribution >= 0.6 is 11.6 Å². The molecule has 2 aromatic carbocycles. The van der Waals surface area contributed by atoms with Crippen LogP contribution in [0.3, 0.4) is 0 Å². The predicted molar refractivity (Wildman–Crippen MR) is 120 cm³/mol. The molecule has 0 spiro atoms. The van der Waals surface area contributed by atoms with Crippen LogP contribution in [0.5, 0.6) is 0 Å². The molecule has 0 fully saturated rings. The maximum atomic E-state index is 7.40. The van der Waals surface area contributed by atoms with Crippen molar-refractivity contribution in [2.75, 3.05) is 11.4 Å². The minimum atomic E-state index is -0.0686. The Morgan fingerprint density at radius 3 is 2.67 bits per heavy atom. The zero-order chi connectivity index (χ0) is 20.8. The number of hydrogen-bond donors (Lipinski definition) is 1. The molecule has 0 radical (unpaired) electrons. The van der Waals surface area contributed by atoms with Crippen LogP contribution in [-0.4, -0.2) is 21.5 Å². The molecule has 3 heterocycles. The number of benzene rings is 2. The van der Waals surface area contributed by atoms with Gasteiger partial charge in [-0.2, -0.15) is 4.98 Å². The van der Waals surface area contributed by atoms with Crippen LogP contribution in [0.15, 0.2) is 48.5 Å². The molecule has 1 atom stereocenters. The summed E-state index contributed by atoms with van der Waals surface area (Å²) in [6.45, 7) is 12.1. The fourth-order valence-corrected chi connectivity index (χ4v) is 4.47. The number of anilines is 1. The molecule has 1 aliphatic heterocycles. The number of halogens is 1. The summed E-state index contributed by atoms with van der Waals surface area (Å²) in [4.78, 5) is 18.6. The van der Waals surface area contributed by atoms with E-state index in [1.165, 1.54) is 16.5 Å². The lowest BCUT2D eigenvalue weighted by atomic mass is 9.92. The summed E-state index contributed by atoms with van der Waals surface area (Å²) < 4.78 is 0. The minimum absolute atomic E-state index is 0.0686. The number of aromatic amines is 1. The maximum Gasteiger partial charge on any atom is 0.323 e. The Bertz CT molecular complexity index is 1300. The van der Waals surface area contributed by atoms with Gasteiger partial charge in [0.2, 0.25) is 0 Å². The SMILES string of the molecule is [C-]#[N+]c1cc(C)nc(N2CCc3c([nH]c4ccc(Cl)cc34)C2c2ccc(C)cc2)n1. The molecule has 0 amide bonds. The molecule has 148 valence electrons. The molecule has 1 N–H and O–H groups in total. The van der Waals surface area contributed by atoms with Crippen molar-refractivity contribution in [3.05, 3.63) is 93.0 Å². The number of fused-ring (bicyclic) bond motifs is 3. The van der Waals surface area contributed by atoms with Gasteiger partial charge in [-0.05, 0) is 55.7 Å². The lowest BCUT2D eigenvalue weighted by molar-refractivity contribution is 0.626. The smallest absolute Gasteiger partial charge is 0.323 e. The first-order chi connectivity index (χ1) is 14.5. The molecule has 2 aromatic heterocycles. The van der Waals surface area contributed by atoms with E-state index in [-0.39, 0.29) is 6.04 Å². The standard InChI is InChI=1S/C24H20ClN5/c1-14-4-6-16(7-5-14)23-22-18(19-13-17(25)8-9-20(19)28-22)10-11-30(23)24-27-15(2)12-21(26-3)29-24/h4-9,12-13,23,28H,10-11H2,1-2H3. The molecule has 0 saturated heterocycles. The van der Waals surface area contributed by atoms with Gasteiger partial charge in [0.1, 0.15) is 0 Å². The van der Waals surface area contributed by atoms with Crippen molar-refractivity contribution in [3.63, 3.8) is 0 Å². The number of H-pyrrole nitrogens is 1. The summed E-state index contributed by atoms with van der Waals surface area (Å²) in [6.07, 6.45) is 0.850.